The van der Waals surface area contributed by atoms with Crippen LogP contribution in [0.3, 0.4) is 0 Å². The lowest BCUT2D eigenvalue weighted by Crippen LogP contribution is -2.28. The normalized spacial score (nSPS) is 10.9. The number of nitrogens with one attached hydrogen (secondary N) is 2. The molecule has 0 aliphatic carbocycles. The van der Waals surface area contributed by atoms with Crippen molar-refractivity contribution in [1.82, 2.24) is 5.32 Å². The van der Waals surface area contributed by atoms with E-state index in [0.717, 1.165) is 11.1 Å². The second-order valence-electron chi connectivity index (χ2n) is 7.29. The molecule has 0 atom stereocenters. The summed E-state index contributed by atoms with van der Waals surface area (Å²) < 4.78 is 33.3. The number of carbonyl (C=O) groups excluding carboxylic acids is 2. The molecule has 0 aliphatic heterocycles. The molecule has 3 aromatic rings. The van der Waals surface area contributed by atoms with Gasteiger partial charge < -0.3 is 10.1 Å². The van der Waals surface area contributed by atoms with E-state index in [-0.39, 0.29) is 10.5 Å². The highest BCUT2D eigenvalue weighted by atomic mass is 32.2. The molecule has 0 saturated heterocycles. The van der Waals surface area contributed by atoms with Crippen molar-refractivity contribution in [2.45, 2.75) is 25.3 Å². The number of hydrogen-bond donors (Lipinski definition) is 2. The summed E-state index contributed by atoms with van der Waals surface area (Å²) in [4.78, 5) is 24.3. The number of hydrogen-bond acceptors (Lipinski definition) is 5. The largest absolute Gasteiger partial charge is 0.452 e. The summed E-state index contributed by atoms with van der Waals surface area (Å²) in [5, 5.41) is 2.66. The van der Waals surface area contributed by atoms with Crippen molar-refractivity contribution >= 4 is 27.6 Å². The fourth-order valence-electron chi connectivity index (χ4n) is 3.00. The third kappa shape index (κ3) is 6.18. The molecule has 166 valence electrons. The molecule has 8 heteroatoms. The van der Waals surface area contributed by atoms with Gasteiger partial charge >= 0.3 is 5.97 Å². The predicted octanol–water partition coefficient (Wildman–Crippen LogP) is 3.58. The fraction of sp³-hybridized carbons (Fsp3) is 0.167. The summed E-state index contributed by atoms with van der Waals surface area (Å²) >= 11 is 0. The first-order chi connectivity index (χ1) is 15.2. The quantitative estimate of drug-likeness (QED) is 0.509. The van der Waals surface area contributed by atoms with Gasteiger partial charge in [0.1, 0.15) is 0 Å². The number of rotatable bonds is 8. The van der Waals surface area contributed by atoms with E-state index >= 15 is 0 Å². The standard InChI is InChI=1S/C24H24N2O5S/c1-17-7-6-10-21(13-17)26-32(29,30)22-14-20(12-11-18(22)2)24(28)31-16-23(27)25-15-19-8-4-3-5-9-19/h3-14,26H,15-16H2,1-2H3,(H,25,27). The number of aryl methyl sites for hydroxylation is 2. The molecule has 0 unspecified atom stereocenters. The van der Waals surface area contributed by atoms with Crippen LogP contribution in [-0.2, 0) is 26.1 Å². The van der Waals surface area contributed by atoms with E-state index in [0.29, 0.717) is 17.8 Å². The van der Waals surface area contributed by atoms with Crippen molar-refractivity contribution in [3.05, 3.63) is 95.1 Å². The Hall–Kier alpha value is -3.65. The van der Waals surface area contributed by atoms with Gasteiger partial charge in [0.2, 0.25) is 0 Å². The summed E-state index contributed by atoms with van der Waals surface area (Å²) in [6.45, 7) is 3.34. The zero-order chi connectivity index (χ0) is 23.1. The number of ether oxygens (including phenoxy) is 1. The molecule has 7 nitrogen and oxygen atoms in total. The molecular weight excluding hydrogens is 428 g/mol. The van der Waals surface area contributed by atoms with Gasteiger partial charge in [0.25, 0.3) is 15.9 Å². The Bertz CT molecular complexity index is 1220. The van der Waals surface area contributed by atoms with Crippen molar-refractivity contribution in [2.24, 2.45) is 0 Å². The molecule has 0 spiro atoms. The van der Waals surface area contributed by atoms with Crippen LogP contribution in [0.4, 0.5) is 5.69 Å². The van der Waals surface area contributed by atoms with Gasteiger partial charge in [0.15, 0.2) is 6.61 Å². The van der Waals surface area contributed by atoms with Crippen LogP contribution >= 0.6 is 0 Å². The van der Waals surface area contributed by atoms with Crippen LogP contribution in [-0.4, -0.2) is 26.9 Å². The molecule has 1 amide bonds. The maximum absolute atomic E-state index is 12.9. The van der Waals surface area contributed by atoms with Gasteiger partial charge in [0, 0.05) is 12.2 Å². The SMILES string of the molecule is Cc1cccc(NS(=O)(=O)c2cc(C(=O)OCC(=O)NCc3ccccc3)ccc2C)c1. The highest BCUT2D eigenvalue weighted by Gasteiger charge is 2.20. The van der Waals surface area contributed by atoms with Gasteiger partial charge in [0.05, 0.1) is 10.5 Å². The molecule has 0 saturated carbocycles. The molecule has 0 bridgehead atoms. The molecule has 32 heavy (non-hydrogen) atoms. The van der Waals surface area contributed by atoms with Crippen LogP contribution in [0.15, 0.2) is 77.7 Å². The topological polar surface area (TPSA) is 102 Å². The molecule has 0 heterocycles. The Morgan fingerprint density at radius 1 is 0.906 bits per heavy atom. The van der Waals surface area contributed by atoms with Crippen LogP contribution in [0.25, 0.3) is 0 Å². The first kappa shape index (κ1) is 23.0. The Kier molecular flexibility index (Phi) is 7.27. The number of sulfonamides is 1. The summed E-state index contributed by atoms with van der Waals surface area (Å²) in [5.41, 5.74) is 2.76. The fourth-order valence-corrected chi connectivity index (χ4v) is 4.32. The van der Waals surface area contributed by atoms with Crippen molar-refractivity contribution in [2.75, 3.05) is 11.3 Å². The molecule has 0 aromatic heterocycles. The highest BCUT2D eigenvalue weighted by Crippen LogP contribution is 2.22. The van der Waals surface area contributed by atoms with Gasteiger partial charge in [-0.25, -0.2) is 13.2 Å². The lowest BCUT2D eigenvalue weighted by atomic mass is 10.1. The summed E-state index contributed by atoms with van der Waals surface area (Å²) in [6.07, 6.45) is 0. The van der Waals surface area contributed by atoms with Crippen LogP contribution < -0.4 is 10.0 Å². The monoisotopic (exact) mass is 452 g/mol. The van der Waals surface area contributed by atoms with Gasteiger partial charge in [-0.05, 0) is 54.8 Å². The third-order valence-corrected chi connectivity index (χ3v) is 6.17. The highest BCUT2D eigenvalue weighted by molar-refractivity contribution is 7.92. The number of benzene rings is 3. The minimum absolute atomic E-state index is 0.0380. The number of esters is 1. The van der Waals surface area contributed by atoms with Crippen molar-refractivity contribution in [1.29, 1.82) is 0 Å². The van der Waals surface area contributed by atoms with Gasteiger partial charge in [-0.1, -0.05) is 48.5 Å². The Labute approximate surface area is 187 Å². The Morgan fingerprint density at radius 3 is 2.38 bits per heavy atom. The smallest absolute Gasteiger partial charge is 0.338 e. The second-order valence-corrected chi connectivity index (χ2v) is 8.94. The molecule has 0 radical (unpaired) electrons. The van der Waals surface area contributed by atoms with Gasteiger partial charge in [-0.3, -0.25) is 9.52 Å². The molecule has 2 N–H and O–H groups in total. The van der Waals surface area contributed by atoms with Crippen molar-refractivity contribution in [3.8, 4) is 0 Å². The number of carbonyl (C=O) groups is 2. The van der Waals surface area contributed by atoms with E-state index in [1.807, 2.05) is 43.3 Å². The summed E-state index contributed by atoms with van der Waals surface area (Å²) in [7, 11) is -3.92. The maximum Gasteiger partial charge on any atom is 0.338 e. The first-order valence-electron chi connectivity index (χ1n) is 9.92. The maximum atomic E-state index is 12.9. The van der Waals surface area contributed by atoms with E-state index in [2.05, 4.69) is 10.0 Å². The van der Waals surface area contributed by atoms with Crippen LogP contribution in [0.2, 0.25) is 0 Å². The van der Waals surface area contributed by atoms with Crippen LogP contribution in [0.5, 0.6) is 0 Å². The minimum atomic E-state index is -3.92. The van der Waals surface area contributed by atoms with E-state index in [9.17, 15) is 18.0 Å². The van der Waals surface area contributed by atoms with Gasteiger partial charge in [-0.15, -0.1) is 0 Å². The second kappa shape index (κ2) is 10.1. The minimum Gasteiger partial charge on any atom is -0.452 e. The first-order valence-corrected chi connectivity index (χ1v) is 11.4. The lowest BCUT2D eigenvalue weighted by molar-refractivity contribution is -0.124. The van der Waals surface area contributed by atoms with E-state index < -0.39 is 28.5 Å². The molecule has 0 aliphatic rings. The number of amides is 1. The predicted molar refractivity (Wildman–Crippen MR) is 122 cm³/mol. The summed E-state index contributed by atoms with van der Waals surface area (Å²) in [6, 6.07) is 20.5. The Morgan fingerprint density at radius 2 is 1.66 bits per heavy atom. The van der Waals surface area contributed by atoms with Crippen molar-refractivity contribution in [3.63, 3.8) is 0 Å². The molecule has 3 aromatic carbocycles. The van der Waals surface area contributed by atoms with E-state index in [4.69, 9.17) is 4.74 Å². The van der Waals surface area contributed by atoms with Crippen molar-refractivity contribution < 1.29 is 22.7 Å². The van der Waals surface area contributed by atoms with E-state index in [1.165, 1.54) is 18.2 Å². The van der Waals surface area contributed by atoms with Crippen LogP contribution in [0, 0.1) is 13.8 Å². The zero-order valence-electron chi connectivity index (χ0n) is 17.8. The summed E-state index contributed by atoms with van der Waals surface area (Å²) in [5.74, 6) is -1.24. The average Bonchev–Trinajstić information content (AvgIpc) is 2.76. The Balaban J connectivity index is 1.65. The van der Waals surface area contributed by atoms with E-state index in [1.54, 1.807) is 25.1 Å². The molecular formula is C24H24N2O5S. The van der Waals surface area contributed by atoms with Crippen LogP contribution in [0.1, 0.15) is 27.0 Å². The van der Waals surface area contributed by atoms with Gasteiger partial charge in [-0.2, -0.15) is 0 Å². The lowest BCUT2D eigenvalue weighted by Gasteiger charge is -2.12. The molecule has 3 rings (SSSR count). The third-order valence-electron chi connectivity index (χ3n) is 4.65. The zero-order valence-corrected chi connectivity index (χ0v) is 18.6. The average molecular weight is 453 g/mol. The molecule has 0 fully saturated rings. The number of anilines is 1.